The van der Waals surface area contributed by atoms with E-state index in [2.05, 4.69) is 10.4 Å². The van der Waals surface area contributed by atoms with Crippen LogP contribution in [0.25, 0.3) is 0 Å². The highest BCUT2D eigenvalue weighted by Crippen LogP contribution is 2.31. The fraction of sp³-hybridized carbons (Fsp3) is 0.444. The molecule has 0 aliphatic carbocycles. The number of hydrogen-bond donors (Lipinski definition) is 1. The molecule has 0 unspecified atom stereocenters. The van der Waals surface area contributed by atoms with Crippen LogP contribution >= 0.6 is 0 Å². The average molecular weight is 423 g/mol. The van der Waals surface area contributed by atoms with Gasteiger partial charge in [-0.25, -0.2) is 13.2 Å². The zero-order valence-corrected chi connectivity index (χ0v) is 17.5. The van der Waals surface area contributed by atoms with Gasteiger partial charge in [-0.2, -0.15) is 9.40 Å². The molecule has 2 heterocycles. The molecule has 1 N–H and O–H groups in total. The Hall–Kier alpha value is -2.79. The molecule has 2 amide bonds. The van der Waals surface area contributed by atoms with Crippen molar-refractivity contribution < 1.29 is 22.7 Å². The van der Waals surface area contributed by atoms with E-state index in [4.69, 9.17) is 9.47 Å². The summed E-state index contributed by atoms with van der Waals surface area (Å²) in [6, 6.07) is 4.42. The normalized spacial score (nSPS) is 15.2. The lowest BCUT2D eigenvalue weighted by molar-refractivity contribution is 0.172. The van der Waals surface area contributed by atoms with Crippen LogP contribution in [0.2, 0.25) is 0 Å². The third kappa shape index (κ3) is 4.62. The van der Waals surface area contributed by atoms with Crippen LogP contribution in [-0.2, 0) is 23.6 Å². The van der Waals surface area contributed by atoms with Crippen molar-refractivity contribution in [2.24, 2.45) is 7.05 Å². The number of carbonyl (C=O) groups is 1. The van der Waals surface area contributed by atoms with Crippen molar-refractivity contribution in [1.29, 1.82) is 0 Å². The van der Waals surface area contributed by atoms with E-state index in [-0.39, 0.29) is 29.8 Å². The number of nitrogens with zero attached hydrogens (tertiary/aromatic N) is 4. The van der Waals surface area contributed by atoms with E-state index in [1.54, 1.807) is 27.9 Å². The monoisotopic (exact) mass is 423 g/mol. The van der Waals surface area contributed by atoms with Gasteiger partial charge in [0.05, 0.1) is 20.4 Å². The molecule has 0 spiro atoms. The molecule has 0 radical (unpaired) electrons. The first kappa shape index (κ1) is 20.9. The smallest absolute Gasteiger partial charge is 0.317 e. The van der Waals surface area contributed by atoms with Crippen molar-refractivity contribution in [3.8, 4) is 11.5 Å². The van der Waals surface area contributed by atoms with Gasteiger partial charge in [0.2, 0.25) is 10.0 Å². The second kappa shape index (κ2) is 8.70. The second-order valence-corrected chi connectivity index (χ2v) is 8.50. The van der Waals surface area contributed by atoms with Gasteiger partial charge in [0, 0.05) is 57.6 Å². The maximum Gasteiger partial charge on any atom is 0.317 e. The summed E-state index contributed by atoms with van der Waals surface area (Å²) in [6.45, 7) is 1.35. The van der Waals surface area contributed by atoms with E-state index in [1.807, 2.05) is 13.2 Å². The molecule has 0 bridgehead atoms. The number of ether oxygens (including phenoxy) is 2. The molecule has 1 fully saturated rings. The number of hydrogen-bond acceptors (Lipinski definition) is 6. The number of benzene rings is 1. The number of nitrogens with one attached hydrogen (secondary N) is 1. The summed E-state index contributed by atoms with van der Waals surface area (Å²) in [6.07, 6.45) is 3.51. The third-order valence-electron chi connectivity index (χ3n) is 4.72. The van der Waals surface area contributed by atoms with Gasteiger partial charge in [0.1, 0.15) is 16.4 Å². The number of piperazine rings is 1. The van der Waals surface area contributed by atoms with Crippen LogP contribution in [-0.4, -0.2) is 73.8 Å². The Morgan fingerprint density at radius 3 is 2.48 bits per heavy atom. The average Bonchev–Trinajstić information content (AvgIpc) is 3.16. The highest BCUT2D eigenvalue weighted by molar-refractivity contribution is 7.89. The SMILES string of the molecule is COc1ccc(OC)c(S(=O)(=O)N2CCN(C(=O)NCc3cnn(C)c3)CC2)c1. The maximum absolute atomic E-state index is 13.1. The van der Waals surface area contributed by atoms with Crippen molar-refractivity contribution >= 4 is 16.1 Å². The Kier molecular flexibility index (Phi) is 6.28. The van der Waals surface area contributed by atoms with Gasteiger partial charge in [-0.1, -0.05) is 0 Å². The highest BCUT2D eigenvalue weighted by Gasteiger charge is 2.32. The molecular weight excluding hydrogens is 398 g/mol. The van der Waals surface area contributed by atoms with Crippen LogP contribution in [0, 0.1) is 0 Å². The van der Waals surface area contributed by atoms with Crippen molar-refractivity contribution in [1.82, 2.24) is 24.3 Å². The Morgan fingerprint density at radius 2 is 1.90 bits per heavy atom. The van der Waals surface area contributed by atoms with Crippen molar-refractivity contribution in [2.45, 2.75) is 11.4 Å². The van der Waals surface area contributed by atoms with Crippen LogP contribution < -0.4 is 14.8 Å². The standard InChI is InChI=1S/C18H25N5O5S/c1-21-13-14(12-20-21)11-19-18(24)22-6-8-23(9-7-22)29(25,26)17-10-15(27-2)4-5-16(17)28-3/h4-5,10,12-13H,6-9,11H2,1-3H3,(H,19,24). The zero-order valence-electron chi connectivity index (χ0n) is 16.7. The second-order valence-electron chi connectivity index (χ2n) is 6.59. The van der Waals surface area contributed by atoms with E-state index in [1.165, 1.54) is 24.6 Å². The summed E-state index contributed by atoms with van der Waals surface area (Å²) in [5.41, 5.74) is 0.896. The van der Waals surface area contributed by atoms with Gasteiger partial charge < -0.3 is 19.7 Å². The number of carbonyl (C=O) groups excluding carboxylic acids is 1. The summed E-state index contributed by atoms with van der Waals surface area (Å²) in [7, 11) is 0.923. The topological polar surface area (TPSA) is 106 Å². The molecule has 10 nitrogen and oxygen atoms in total. The molecule has 1 aliphatic heterocycles. The van der Waals surface area contributed by atoms with Gasteiger partial charge in [0.25, 0.3) is 0 Å². The fourth-order valence-corrected chi connectivity index (χ4v) is 4.70. The minimum absolute atomic E-state index is 0.0498. The molecule has 1 saturated heterocycles. The Morgan fingerprint density at radius 1 is 1.17 bits per heavy atom. The third-order valence-corrected chi connectivity index (χ3v) is 6.64. The van der Waals surface area contributed by atoms with Crippen molar-refractivity contribution in [3.63, 3.8) is 0 Å². The molecule has 1 aromatic heterocycles. The quantitative estimate of drug-likeness (QED) is 0.731. The molecule has 1 aliphatic rings. The Labute approximate surface area is 170 Å². The van der Waals surface area contributed by atoms with Crippen LogP contribution in [0.5, 0.6) is 11.5 Å². The molecule has 29 heavy (non-hydrogen) atoms. The van der Waals surface area contributed by atoms with E-state index in [9.17, 15) is 13.2 Å². The largest absolute Gasteiger partial charge is 0.497 e. The van der Waals surface area contributed by atoms with Crippen molar-refractivity contribution in [3.05, 3.63) is 36.2 Å². The lowest BCUT2D eigenvalue weighted by Gasteiger charge is -2.34. The summed E-state index contributed by atoms with van der Waals surface area (Å²) in [5, 5.41) is 6.89. The molecule has 158 valence electrons. The Balaban J connectivity index is 1.63. The van der Waals surface area contributed by atoms with Crippen LogP contribution in [0.3, 0.4) is 0 Å². The molecule has 3 rings (SSSR count). The fourth-order valence-electron chi connectivity index (χ4n) is 3.11. The lowest BCUT2D eigenvalue weighted by atomic mass is 10.3. The number of rotatable bonds is 6. The van der Waals surface area contributed by atoms with E-state index in [0.717, 1.165) is 5.56 Å². The number of aryl methyl sites for hydroxylation is 1. The molecule has 2 aromatic rings. The van der Waals surface area contributed by atoms with E-state index in [0.29, 0.717) is 25.4 Å². The van der Waals surface area contributed by atoms with Crippen LogP contribution in [0.4, 0.5) is 4.79 Å². The van der Waals surface area contributed by atoms with Gasteiger partial charge >= 0.3 is 6.03 Å². The number of urea groups is 1. The summed E-state index contributed by atoms with van der Waals surface area (Å²) >= 11 is 0. The molecule has 0 saturated carbocycles. The van der Waals surface area contributed by atoms with Gasteiger partial charge in [-0.15, -0.1) is 0 Å². The molecular formula is C18H25N5O5S. The first-order valence-electron chi connectivity index (χ1n) is 9.07. The Bertz CT molecular complexity index is 967. The molecule has 1 aromatic carbocycles. The first-order valence-corrected chi connectivity index (χ1v) is 10.5. The number of aromatic nitrogens is 2. The first-order chi connectivity index (χ1) is 13.8. The predicted molar refractivity (Wildman–Crippen MR) is 105 cm³/mol. The summed E-state index contributed by atoms with van der Waals surface area (Å²) in [4.78, 5) is 14.0. The van der Waals surface area contributed by atoms with Crippen LogP contribution in [0.1, 0.15) is 5.56 Å². The van der Waals surface area contributed by atoms with E-state index < -0.39 is 10.0 Å². The predicted octanol–water partition coefficient (Wildman–Crippen LogP) is 0.653. The number of amides is 2. The number of methoxy groups -OCH3 is 2. The lowest BCUT2D eigenvalue weighted by Crippen LogP contribution is -2.53. The van der Waals surface area contributed by atoms with Gasteiger partial charge in [0.15, 0.2) is 0 Å². The van der Waals surface area contributed by atoms with Crippen molar-refractivity contribution in [2.75, 3.05) is 40.4 Å². The minimum Gasteiger partial charge on any atom is -0.497 e. The maximum atomic E-state index is 13.1. The highest BCUT2D eigenvalue weighted by atomic mass is 32.2. The van der Waals surface area contributed by atoms with Crippen LogP contribution in [0.15, 0.2) is 35.5 Å². The van der Waals surface area contributed by atoms with Gasteiger partial charge in [-0.3, -0.25) is 4.68 Å². The summed E-state index contributed by atoms with van der Waals surface area (Å²) < 4.78 is 39.6. The number of sulfonamides is 1. The minimum atomic E-state index is -3.78. The molecule has 11 heteroatoms. The van der Waals surface area contributed by atoms with E-state index >= 15 is 0 Å². The van der Waals surface area contributed by atoms with Gasteiger partial charge in [-0.05, 0) is 12.1 Å². The molecule has 0 atom stereocenters. The summed E-state index contributed by atoms with van der Waals surface area (Å²) in [5.74, 6) is 0.681. The zero-order chi connectivity index (χ0) is 21.0.